The van der Waals surface area contributed by atoms with Crippen molar-refractivity contribution in [2.45, 2.75) is 57.8 Å². The van der Waals surface area contributed by atoms with Gasteiger partial charge in [0.25, 0.3) is 0 Å². The second-order valence-electron chi connectivity index (χ2n) is 26.6. The quantitative estimate of drug-likeness (QED) is 0.128. The zero-order valence-electron chi connectivity index (χ0n) is 52.0. The third kappa shape index (κ3) is 8.79. The maximum absolute atomic E-state index is 5.27. The van der Waals surface area contributed by atoms with Crippen molar-refractivity contribution in [2.75, 3.05) is 9.80 Å². The first kappa shape index (κ1) is 54.2. The third-order valence-electron chi connectivity index (χ3n) is 20.2. The van der Waals surface area contributed by atoms with Crippen molar-refractivity contribution in [1.29, 1.82) is 0 Å². The second-order valence-corrected chi connectivity index (χ2v) is 26.6. The first-order valence-electron chi connectivity index (χ1n) is 31.9. The molecule has 91 heavy (non-hydrogen) atoms. The zero-order chi connectivity index (χ0) is 61.3. The molecule has 3 aliphatic carbocycles. The van der Waals surface area contributed by atoms with Gasteiger partial charge in [0.15, 0.2) is 0 Å². The highest BCUT2D eigenvalue weighted by Crippen LogP contribution is 2.55. The Kier molecular flexibility index (Phi) is 12.3. The van der Waals surface area contributed by atoms with Gasteiger partial charge in [-0.1, -0.05) is 260 Å². The summed E-state index contributed by atoms with van der Waals surface area (Å²) in [4.78, 5) is 15.2. The lowest BCUT2D eigenvalue weighted by Gasteiger charge is -2.28. The lowest BCUT2D eigenvalue weighted by Crippen LogP contribution is -2.17. The Hall–Kier alpha value is -10.9. The van der Waals surface area contributed by atoms with Gasteiger partial charge in [-0.25, -0.2) is 9.97 Å². The van der Waals surface area contributed by atoms with Crippen LogP contribution in [0.15, 0.2) is 267 Å². The summed E-state index contributed by atoms with van der Waals surface area (Å²) in [6.07, 6.45) is 9.17. The van der Waals surface area contributed by atoms with Gasteiger partial charge in [0.05, 0.1) is 22.4 Å². The minimum absolute atomic E-state index is 0.177. The fourth-order valence-corrected chi connectivity index (χ4v) is 15.3. The second kappa shape index (κ2) is 20.6. The average Bonchev–Trinajstić information content (AvgIpc) is 1.63. The highest BCUT2D eigenvalue weighted by Gasteiger charge is 2.39. The van der Waals surface area contributed by atoms with Gasteiger partial charge < -0.3 is 0 Å². The first-order valence-corrected chi connectivity index (χ1v) is 31.9. The number of aromatic nitrogens is 2. The number of rotatable bonds is 10. The number of fused-ring (bicyclic) bond motifs is 13. The van der Waals surface area contributed by atoms with Gasteiger partial charge in [-0.15, -0.1) is 0 Å². The van der Waals surface area contributed by atoms with Crippen molar-refractivity contribution >= 4 is 102 Å². The molecule has 0 radical (unpaired) electrons. The maximum atomic E-state index is 5.27. The summed E-state index contributed by atoms with van der Waals surface area (Å²) < 4.78 is 0. The van der Waals surface area contributed by atoms with E-state index in [1.807, 2.05) is 0 Å². The van der Waals surface area contributed by atoms with E-state index in [1.165, 1.54) is 111 Å². The molecule has 0 unspecified atom stereocenters. The largest absolute Gasteiger partial charge is 0.294 e. The van der Waals surface area contributed by atoms with Crippen LogP contribution in [0.1, 0.15) is 97.2 Å². The van der Waals surface area contributed by atoms with E-state index in [4.69, 9.17) is 9.97 Å². The predicted molar refractivity (Wildman–Crippen MR) is 385 cm³/mol. The number of benzene rings is 12. The van der Waals surface area contributed by atoms with Crippen LogP contribution >= 0.6 is 0 Å². The fourth-order valence-electron chi connectivity index (χ4n) is 15.3. The third-order valence-corrected chi connectivity index (χ3v) is 20.2. The Labute approximate surface area is 532 Å². The normalized spacial score (nSPS) is 14.4. The number of hydrogen-bond donors (Lipinski definition) is 0. The molecule has 0 spiro atoms. The smallest absolute Gasteiger partial charge is 0.138 e. The van der Waals surface area contributed by atoms with E-state index in [1.54, 1.807) is 0 Å². The number of hydrogen-bond acceptors (Lipinski definition) is 4. The summed E-state index contributed by atoms with van der Waals surface area (Å²) in [6.45, 7) is 14.3. The monoisotopic (exact) mass is 1170 g/mol. The lowest BCUT2D eigenvalue weighted by atomic mass is 9.81. The SMILES string of the molecule is CC1(C)c2cc(/C=C/c3ccc4c(c3)C(C)(C)c3cc(N(c5ccc6ccccc6n5)c5cccc6ccccc56)ccc3-4)ccc2-c2ccc(/C=C/c3ccc4c(c3)C(C)(C)c3cc(N(c5ccc6ccccc6n5)c5cccc6ccccc56)ccc3-4)cc21. The standard InChI is InChI=1S/C87H66N4/c1-85(2)73-49-55(29-31-57-35-43-69-71-45-39-63(53-77(71)86(3,4)75(69)51-57)90(81-27-15-21-59-17-7-11-23-65(59)81)83-47-37-61-19-9-13-25-79(61)88-83)33-41-67(73)68-42-34-56(50-74(68)85)30-32-58-36-44-70-72-46-40-64(54-78(72)87(5,6)76(70)52-58)91(82-28-16-22-60-18-8-12-24-66(60)82)84-48-38-62-20-10-14-26-80(62)89-84/h7-54H,1-6H3/b31-29+,32-30+. The fraction of sp³-hybridized carbons (Fsp3) is 0.103. The van der Waals surface area contributed by atoms with Gasteiger partial charge in [-0.2, -0.15) is 0 Å². The van der Waals surface area contributed by atoms with Crippen molar-refractivity contribution in [3.63, 3.8) is 0 Å². The number of pyridine rings is 2. The predicted octanol–water partition coefficient (Wildman–Crippen LogP) is 23.3. The molecule has 0 N–H and O–H groups in total. The molecule has 2 heterocycles. The van der Waals surface area contributed by atoms with Gasteiger partial charge in [0.1, 0.15) is 11.6 Å². The summed E-state index contributed by atoms with van der Waals surface area (Å²) in [5.74, 6) is 1.78. The lowest BCUT2D eigenvalue weighted by molar-refractivity contribution is 0.660. The van der Waals surface area contributed by atoms with E-state index in [-0.39, 0.29) is 16.2 Å². The van der Waals surface area contributed by atoms with Gasteiger partial charge in [0.2, 0.25) is 0 Å². The van der Waals surface area contributed by atoms with Crippen LogP contribution in [0, 0.1) is 0 Å². The van der Waals surface area contributed by atoms with Crippen LogP contribution in [-0.4, -0.2) is 9.97 Å². The topological polar surface area (TPSA) is 32.3 Å². The van der Waals surface area contributed by atoms with Crippen LogP contribution in [0.25, 0.3) is 101 Å². The van der Waals surface area contributed by atoms with Crippen molar-refractivity contribution in [2.24, 2.45) is 0 Å². The summed E-state index contributed by atoms with van der Waals surface area (Å²) in [7, 11) is 0. The molecule has 4 nitrogen and oxygen atoms in total. The first-order chi connectivity index (χ1) is 44.3. The van der Waals surface area contributed by atoms with E-state index in [2.05, 4.69) is 343 Å². The average molecular weight is 1170 g/mol. The van der Waals surface area contributed by atoms with Crippen LogP contribution in [0.3, 0.4) is 0 Å². The van der Waals surface area contributed by atoms with E-state index < -0.39 is 0 Å². The van der Waals surface area contributed by atoms with Crippen LogP contribution in [0.2, 0.25) is 0 Å². The Bertz CT molecular complexity index is 5080. The van der Waals surface area contributed by atoms with E-state index >= 15 is 0 Å². The minimum Gasteiger partial charge on any atom is -0.294 e. The Balaban J connectivity index is 0.623. The molecule has 0 saturated carbocycles. The summed E-state index contributed by atoms with van der Waals surface area (Å²) in [5, 5.41) is 7.02. The molecular formula is C87H66N4. The molecule has 2 aromatic heterocycles. The number of nitrogens with zero attached hydrogens (tertiary/aromatic N) is 4. The summed E-state index contributed by atoms with van der Waals surface area (Å²) in [5.41, 5.74) is 26.3. The molecule has 0 amide bonds. The summed E-state index contributed by atoms with van der Waals surface area (Å²) in [6, 6.07) is 98.0. The Morgan fingerprint density at radius 3 is 0.923 bits per heavy atom. The van der Waals surface area contributed by atoms with E-state index in [0.717, 1.165) is 56.2 Å². The van der Waals surface area contributed by atoms with Crippen LogP contribution in [0.4, 0.5) is 34.4 Å². The molecule has 14 aromatic rings. The van der Waals surface area contributed by atoms with Crippen LogP contribution in [-0.2, 0) is 16.2 Å². The number of anilines is 6. The van der Waals surface area contributed by atoms with E-state index in [0.29, 0.717) is 0 Å². The van der Waals surface area contributed by atoms with Crippen molar-refractivity contribution < 1.29 is 0 Å². The van der Waals surface area contributed by atoms with Gasteiger partial charge >= 0.3 is 0 Å². The molecular weight excluding hydrogens is 1100 g/mol. The molecule has 0 fully saturated rings. The molecule has 434 valence electrons. The highest BCUT2D eigenvalue weighted by molar-refractivity contribution is 6.02. The molecule has 17 rings (SSSR count). The van der Waals surface area contributed by atoms with Gasteiger partial charge in [-0.05, 0) is 173 Å². The van der Waals surface area contributed by atoms with Crippen molar-refractivity contribution in [3.05, 3.63) is 323 Å². The molecule has 12 aromatic carbocycles. The number of para-hydroxylation sites is 2. The maximum Gasteiger partial charge on any atom is 0.138 e. The van der Waals surface area contributed by atoms with Crippen molar-refractivity contribution in [1.82, 2.24) is 9.97 Å². The molecule has 0 aliphatic heterocycles. The molecule has 0 bridgehead atoms. The zero-order valence-corrected chi connectivity index (χ0v) is 52.0. The van der Waals surface area contributed by atoms with Gasteiger partial charge in [0, 0.05) is 49.2 Å². The Morgan fingerprint density at radius 2 is 0.560 bits per heavy atom. The van der Waals surface area contributed by atoms with Crippen LogP contribution < -0.4 is 9.80 Å². The molecule has 3 aliphatic rings. The van der Waals surface area contributed by atoms with Crippen LogP contribution in [0.5, 0.6) is 0 Å². The Morgan fingerprint density at radius 1 is 0.264 bits per heavy atom. The van der Waals surface area contributed by atoms with Gasteiger partial charge in [-0.3, -0.25) is 9.80 Å². The molecule has 4 heteroatoms. The minimum atomic E-state index is -0.236. The summed E-state index contributed by atoms with van der Waals surface area (Å²) >= 11 is 0. The molecule has 0 saturated heterocycles. The highest BCUT2D eigenvalue weighted by atomic mass is 15.2. The van der Waals surface area contributed by atoms with E-state index in [9.17, 15) is 0 Å². The molecule has 0 atom stereocenters. The van der Waals surface area contributed by atoms with Crippen molar-refractivity contribution in [3.8, 4) is 33.4 Å².